The predicted molar refractivity (Wildman–Crippen MR) is 94.9 cm³/mol. The summed E-state index contributed by atoms with van der Waals surface area (Å²) in [5.41, 5.74) is 3.57. The van der Waals surface area contributed by atoms with Crippen molar-refractivity contribution in [1.82, 2.24) is 24.8 Å². The zero-order chi connectivity index (χ0) is 17.2. The molecule has 3 aromatic rings. The Morgan fingerprint density at radius 2 is 1.92 bits per heavy atom. The highest BCUT2D eigenvalue weighted by molar-refractivity contribution is 5.54. The molecule has 0 N–H and O–H groups in total. The van der Waals surface area contributed by atoms with Crippen LogP contribution in [0.4, 0.5) is 0 Å². The van der Waals surface area contributed by atoms with Crippen molar-refractivity contribution in [3.8, 4) is 11.4 Å². The van der Waals surface area contributed by atoms with Crippen LogP contribution >= 0.6 is 0 Å². The summed E-state index contributed by atoms with van der Waals surface area (Å²) in [4.78, 5) is 6.94. The molecule has 4 rings (SSSR count). The van der Waals surface area contributed by atoms with Gasteiger partial charge in [0.05, 0.1) is 12.7 Å². The fraction of sp³-hybridized carbons (Fsp3) is 0.421. The fourth-order valence-electron chi connectivity index (χ4n) is 3.41. The first-order valence-corrected chi connectivity index (χ1v) is 8.78. The van der Waals surface area contributed by atoms with Crippen molar-refractivity contribution in [2.75, 3.05) is 13.1 Å². The molecule has 1 aliphatic heterocycles. The Bertz CT molecular complexity index is 828. The van der Waals surface area contributed by atoms with E-state index in [1.807, 2.05) is 30.1 Å². The minimum absolute atomic E-state index is 0.607. The first-order chi connectivity index (χ1) is 12.2. The second-order valence-electron chi connectivity index (χ2n) is 6.88. The number of piperidine rings is 1. The maximum Gasteiger partial charge on any atom is 0.241 e. The van der Waals surface area contributed by atoms with Gasteiger partial charge in [-0.1, -0.05) is 35.0 Å². The molecule has 0 saturated carbocycles. The summed E-state index contributed by atoms with van der Waals surface area (Å²) in [5.74, 6) is 1.96. The third kappa shape index (κ3) is 3.64. The molecule has 1 saturated heterocycles. The van der Waals surface area contributed by atoms with Crippen LogP contribution in [0.15, 0.2) is 41.2 Å². The van der Waals surface area contributed by atoms with E-state index in [4.69, 9.17) is 4.52 Å². The maximum atomic E-state index is 5.45. The van der Waals surface area contributed by atoms with Crippen molar-refractivity contribution in [2.45, 2.75) is 32.2 Å². The number of nitrogens with zero attached hydrogens (tertiary/aromatic N) is 5. The van der Waals surface area contributed by atoms with Gasteiger partial charge in [-0.25, -0.2) is 0 Å². The van der Waals surface area contributed by atoms with Crippen LogP contribution < -0.4 is 0 Å². The molecule has 3 heterocycles. The molecule has 6 heteroatoms. The van der Waals surface area contributed by atoms with E-state index in [0.29, 0.717) is 17.6 Å². The quantitative estimate of drug-likeness (QED) is 0.732. The lowest BCUT2D eigenvalue weighted by molar-refractivity contribution is 0.181. The van der Waals surface area contributed by atoms with E-state index in [0.717, 1.165) is 38.0 Å². The van der Waals surface area contributed by atoms with Gasteiger partial charge >= 0.3 is 0 Å². The van der Waals surface area contributed by atoms with E-state index in [1.165, 1.54) is 11.1 Å². The molecule has 25 heavy (non-hydrogen) atoms. The lowest BCUT2D eigenvalue weighted by atomic mass is 9.91. The van der Waals surface area contributed by atoms with Crippen LogP contribution in [0.3, 0.4) is 0 Å². The highest BCUT2D eigenvalue weighted by atomic mass is 16.5. The van der Waals surface area contributed by atoms with Crippen molar-refractivity contribution in [3.63, 3.8) is 0 Å². The molecular weight excluding hydrogens is 314 g/mol. The number of aromatic nitrogens is 4. The summed E-state index contributed by atoms with van der Waals surface area (Å²) in [6.07, 6.45) is 6.41. The van der Waals surface area contributed by atoms with E-state index in [9.17, 15) is 0 Å². The normalized spacial score (nSPS) is 16.4. The summed E-state index contributed by atoms with van der Waals surface area (Å²) in [7, 11) is 1.97. The Kier molecular flexibility index (Phi) is 4.36. The van der Waals surface area contributed by atoms with Crippen molar-refractivity contribution < 1.29 is 4.52 Å². The molecular formula is C19H23N5O. The lowest BCUT2D eigenvalue weighted by Gasteiger charge is -2.30. The van der Waals surface area contributed by atoms with E-state index in [1.54, 1.807) is 0 Å². The average Bonchev–Trinajstić information content (AvgIpc) is 3.26. The molecule has 6 nitrogen and oxygen atoms in total. The Balaban J connectivity index is 1.35. The molecule has 1 aromatic carbocycles. The topological polar surface area (TPSA) is 60.0 Å². The highest BCUT2D eigenvalue weighted by Crippen LogP contribution is 2.28. The van der Waals surface area contributed by atoms with Crippen LogP contribution in [0.5, 0.6) is 0 Å². The zero-order valence-electron chi connectivity index (χ0n) is 14.7. The second kappa shape index (κ2) is 6.80. The van der Waals surface area contributed by atoms with Crippen LogP contribution in [0, 0.1) is 6.92 Å². The smallest absolute Gasteiger partial charge is 0.241 e. The average molecular weight is 337 g/mol. The molecule has 0 radical (unpaired) electrons. The first-order valence-electron chi connectivity index (χ1n) is 8.78. The third-order valence-electron chi connectivity index (χ3n) is 4.92. The summed E-state index contributed by atoms with van der Waals surface area (Å²) in [5, 5.41) is 8.41. The predicted octanol–water partition coefficient (Wildman–Crippen LogP) is 3.16. The van der Waals surface area contributed by atoms with Gasteiger partial charge in [0.25, 0.3) is 0 Å². The van der Waals surface area contributed by atoms with Crippen LogP contribution in [0.25, 0.3) is 11.4 Å². The maximum absolute atomic E-state index is 5.45. The largest absolute Gasteiger partial charge is 0.338 e. The number of hydrogen-bond acceptors (Lipinski definition) is 5. The highest BCUT2D eigenvalue weighted by Gasteiger charge is 2.23. The third-order valence-corrected chi connectivity index (χ3v) is 4.92. The molecule has 0 bridgehead atoms. The minimum atomic E-state index is 0.607. The molecule has 2 aromatic heterocycles. The summed E-state index contributed by atoms with van der Waals surface area (Å²) in [6.45, 7) is 4.88. The fourth-order valence-corrected chi connectivity index (χ4v) is 3.41. The summed E-state index contributed by atoms with van der Waals surface area (Å²) < 4.78 is 7.33. The molecule has 0 aliphatic carbocycles. The Hall–Kier alpha value is -2.47. The van der Waals surface area contributed by atoms with Crippen LogP contribution in [0.2, 0.25) is 0 Å². The zero-order valence-corrected chi connectivity index (χ0v) is 14.7. The number of aryl methyl sites for hydroxylation is 2. The molecule has 0 spiro atoms. The van der Waals surface area contributed by atoms with Gasteiger partial charge in [-0.15, -0.1) is 0 Å². The van der Waals surface area contributed by atoms with Crippen LogP contribution in [-0.4, -0.2) is 37.9 Å². The van der Waals surface area contributed by atoms with Crippen molar-refractivity contribution >= 4 is 0 Å². The van der Waals surface area contributed by atoms with Crippen molar-refractivity contribution in [3.05, 3.63) is 53.7 Å². The van der Waals surface area contributed by atoms with Gasteiger partial charge < -0.3 is 4.52 Å². The van der Waals surface area contributed by atoms with E-state index in [2.05, 4.69) is 45.4 Å². The number of likely N-dealkylation sites (tertiary alicyclic amines) is 1. The standard InChI is InChI=1S/C19H23N5O/c1-14-3-5-16(6-4-14)19-21-18(25-22-19)13-24-9-7-15(8-10-24)17-11-20-23(2)12-17/h3-6,11-12,15H,7-10,13H2,1-2H3. The first kappa shape index (κ1) is 16.0. The van der Waals surface area contributed by atoms with Gasteiger partial charge in [-0.05, 0) is 44.3 Å². The molecule has 0 atom stereocenters. The molecule has 1 aliphatic rings. The van der Waals surface area contributed by atoms with E-state index in [-0.39, 0.29) is 0 Å². The summed E-state index contributed by atoms with van der Waals surface area (Å²) >= 11 is 0. The van der Waals surface area contributed by atoms with Gasteiger partial charge in [0.2, 0.25) is 11.7 Å². The monoisotopic (exact) mass is 337 g/mol. The molecule has 130 valence electrons. The van der Waals surface area contributed by atoms with Crippen LogP contribution in [-0.2, 0) is 13.6 Å². The molecule has 0 unspecified atom stereocenters. The van der Waals surface area contributed by atoms with Crippen molar-refractivity contribution in [1.29, 1.82) is 0 Å². The number of hydrogen-bond donors (Lipinski definition) is 0. The second-order valence-corrected chi connectivity index (χ2v) is 6.88. The number of benzene rings is 1. The van der Waals surface area contributed by atoms with Gasteiger partial charge in [-0.2, -0.15) is 10.1 Å². The minimum Gasteiger partial charge on any atom is -0.338 e. The number of rotatable bonds is 4. The van der Waals surface area contributed by atoms with E-state index >= 15 is 0 Å². The molecule has 0 amide bonds. The van der Waals surface area contributed by atoms with Crippen molar-refractivity contribution in [2.24, 2.45) is 7.05 Å². The lowest BCUT2D eigenvalue weighted by Crippen LogP contribution is -2.32. The van der Waals surface area contributed by atoms with Gasteiger partial charge in [0.1, 0.15) is 0 Å². The van der Waals surface area contributed by atoms with E-state index < -0.39 is 0 Å². The SMILES string of the molecule is Cc1ccc(-c2noc(CN3CCC(c4cnn(C)c4)CC3)n2)cc1. The van der Waals surface area contributed by atoms with Gasteiger partial charge in [0, 0.05) is 18.8 Å². The Morgan fingerprint density at radius 1 is 1.16 bits per heavy atom. The van der Waals surface area contributed by atoms with Crippen LogP contribution in [0.1, 0.15) is 35.8 Å². The van der Waals surface area contributed by atoms with Gasteiger partial charge in [-0.3, -0.25) is 9.58 Å². The Labute approximate surface area is 147 Å². The molecule has 1 fully saturated rings. The Morgan fingerprint density at radius 3 is 2.60 bits per heavy atom. The van der Waals surface area contributed by atoms with Gasteiger partial charge in [0.15, 0.2) is 0 Å². The summed E-state index contributed by atoms with van der Waals surface area (Å²) in [6, 6.07) is 8.19.